The molecule has 0 N–H and O–H groups in total. The monoisotopic (exact) mass is 314 g/mol. The van der Waals surface area contributed by atoms with Gasteiger partial charge in [0, 0.05) is 5.56 Å². The first-order valence-corrected chi connectivity index (χ1v) is 10.5. The normalized spacial score (nSPS) is 13.0. The summed E-state index contributed by atoms with van der Waals surface area (Å²) in [5.74, 6) is 5.46. The van der Waals surface area contributed by atoms with Crippen molar-refractivity contribution in [2.24, 2.45) is 0 Å². The molecule has 0 spiro atoms. The summed E-state index contributed by atoms with van der Waals surface area (Å²) in [5, 5.41) is 0.0551. The van der Waals surface area contributed by atoms with Gasteiger partial charge in [-0.25, -0.2) is 0 Å². The van der Waals surface area contributed by atoms with Gasteiger partial charge in [0.05, 0.1) is 0 Å². The largest absolute Gasteiger partial charge is 0.406 e. The highest BCUT2D eigenvalue weighted by atomic mass is 28.4. The summed E-state index contributed by atoms with van der Waals surface area (Å²) in [7, 11) is -2.01. The van der Waals surface area contributed by atoms with Crippen LogP contribution < -0.4 is 0 Å². The zero-order valence-electron chi connectivity index (χ0n) is 14.3. The molecular weight excluding hydrogens is 288 g/mol. The van der Waals surface area contributed by atoms with E-state index in [2.05, 4.69) is 52.3 Å². The van der Waals surface area contributed by atoms with E-state index >= 15 is 0 Å². The molecule has 0 aliphatic heterocycles. The van der Waals surface area contributed by atoms with Crippen molar-refractivity contribution in [3.05, 3.63) is 48.6 Å². The van der Waals surface area contributed by atoms with Gasteiger partial charge in [-0.2, -0.15) is 0 Å². The number of benzene rings is 1. The number of Topliss-reactive ketones (excluding diaryl/α,β-unsaturated/α-hetero) is 1. The molecule has 1 atom stereocenters. The predicted molar refractivity (Wildman–Crippen MR) is 95.2 cm³/mol. The van der Waals surface area contributed by atoms with Gasteiger partial charge < -0.3 is 4.43 Å². The maximum absolute atomic E-state index is 12.4. The van der Waals surface area contributed by atoms with Crippen LogP contribution in [0.4, 0.5) is 0 Å². The highest BCUT2D eigenvalue weighted by Gasteiger charge is 2.40. The van der Waals surface area contributed by atoms with Gasteiger partial charge >= 0.3 is 0 Å². The molecule has 0 amide bonds. The fourth-order valence-electron chi connectivity index (χ4n) is 1.63. The number of carbonyl (C=O) groups is 1. The minimum atomic E-state index is -2.01. The number of ketones is 1. The Hall–Kier alpha value is -1.63. The highest BCUT2D eigenvalue weighted by Crippen LogP contribution is 2.37. The van der Waals surface area contributed by atoms with Gasteiger partial charge in [0.2, 0.25) is 5.78 Å². The van der Waals surface area contributed by atoms with E-state index in [0.29, 0.717) is 6.42 Å². The van der Waals surface area contributed by atoms with Crippen molar-refractivity contribution in [2.75, 3.05) is 0 Å². The predicted octanol–water partition coefficient (Wildman–Crippen LogP) is 4.57. The first kappa shape index (κ1) is 18.4. The third-order valence-corrected chi connectivity index (χ3v) is 8.51. The summed E-state index contributed by atoms with van der Waals surface area (Å²) in [6, 6.07) is 9.51. The zero-order valence-corrected chi connectivity index (χ0v) is 15.3. The van der Waals surface area contributed by atoms with E-state index in [-0.39, 0.29) is 10.8 Å². The van der Waals surface area contributed by atoms with Crippen molar-refractivity contribution < 1.29 is 9.22 Å². The second-order valence-electron chi connectivity index (χ2n) is 6.87. The lowest BCUT2D eigenvalue weighted by Crippen LogP contribution is -2.45. The number of rotatable bonds is 5. The fraction of sp³-hybridized carbons (Fsp3) is 0.421. The number of carbonyl (C=O) groups excluding carboxylic acids is 1. The van der Waals surface area contributed by atoms with E-state index in [1.165, 1.54) is 0 Å². The minimum absolute atomic E-state index is 0.0551. The molecule has 0 bridgehead atoms. The Morgan fingerprint density at radius 1 is 1.32 bits per heavy atom. The average molecular weight is 315 g/mol. The summed E-state index contributed by atoms with van der Waals surface area (Å²) in [6.45, 7) is 14.5. The lowest BCUT2D eigenvalue weighted by molar-refractivity contribution is -0.120. The third kappa shape index (κ3) is 5.29. The smallest absolute Gasteiger partial charge is 0.233 e. The molecule has 2 nitrogen and oxygen atoms in total. The Bertz CT molecular complexity index is 571. The second-order valence-corrected chi connectivity index (χ2v) is 11.6. The fourth-order valence-corrected chi connectivity index (χ4v) is 2.90. The van der Waals surface area contributed by atoms with Crippen LogP contribution in [-0.4, -0.2) is 20.2 Å². The van der Waals surface area contributed by atoms with Gasteiger partial charge in [0.1, 0.15) is 6.10 Å². The van der Waals surface area contributed by atoms with Crippen LogP contribution in [0.2, 0.25) is 18.1 Å². The van der Waals surface area contributed by atoms with Gasteiger partial charge in [-0.1, -0.05) is 51.0 Å². The summed E-state index contributed by atoms with van der Waals surface area (Å²) >= 11 is 0. The Kier molecular flexibility index (Phi) is 6.34. The molecular formula is C19H26O2Si. The van der Waals surface area contributed by atoms with Crippen molar-refractivity contribution in [2.45, 2.75) is 51.4 Å². The quantitative estimate of drug-likeness (QED) is 0.452. The van der Waals surface area contributed by atoms with E-state index in [4.69, 9.17) is 4.43 Å². The highest BCUT2D eigenvalue weighted by molar-refractivity contribution is 6.74. The summed E-state index contributed by atoms with van der Waals surface area (Å²) in [6.07, 6.45) is 1.70. The molecule has 0 aliphatic carbocycles. The van der Waals surface area contributed by atoms with Crippen LogP contribution in [0, 0.1) is 11.8 Å². The van der Waals surface area contributed by atoms with Crippen molar-refractivity contribution >= 4 is 14.1 Å². The topological polar surface area (TPSA) is 26.3 Å². The molecule has 0 radical (unpaired) electrons. The van der Waals surface area contributed by atoms with Crippen LogP contribution in [0.5, 0.6) is 0 Å². The van der Waals surface area contributed by atoms with Crippen LogP contribution in [0.3, 0.4) is 0 Å². The lowest BCUT2D eigenvalue weighted by atomic mass is 10.1. The van der Waals surface area contributed by atoms with E-state index in [1.807, 2.05) is 30.3 Å². The number of hydrogen-bond donors (Lipinski definition) is 0. The second kappa shape index (κ2) is 7.58. The van der Waals surface area contributed by atoms with Gasteiger partial charge in [-0.05, 0) is 42.6 Å². The van der Waals surface area contributed by atoms with Crippen molar-refractivity contribution in [1.29, 1.82) is 0 Å². The molecule has 22 heavy (non-hydrogen) atoms. The van der Waals surface area contributed by atoms with Crippen molar-refractivity contribution in [1.82, 2.24) is 0 Å². The Labute approximate surface area is 135 Å². The summed E-state index contributed by atoms with van der Waals surface area (Å²) in [4.78, 5) is 12.4. The molecule has 1 rings (SSSR count). The molecule has 0 saturated heterocycles. The molecule has 0 aromatic heterocycles. The van der Waals surface area contributed by atoms with Crippen LogP contribution in [0.15, 0.2) is 43.0 Å². The van der Waals surface area contributed by atoms with Gasteiger partial charge in [0.25, 0.3) is 0 Å². The van der Waals surface area contributed by atoms with E-state index in [1.54, 1.807) is 6.08 Å². The Morgan fingerprint density at radius 2 is 1.91 bits per heavy atom. The molecule has 0 fully saturated rings. The number of hydrogen-bond acceptors (Lipinski definition) is 2. The van der Waals surface area contributed by atoms with E-state index < -0.39 is 14.4 Å². The van der Waals surface area contributed by atoms with Crippen molar-refractivity contribution in [3.63, 3.8) is 0 Å². The van der Waals surface area contributed by atoms with Crippen LogP contribution in [0.1, 0.15) is 32.8 Å². The van der Waals surface area contributed by atoms with Crippen LogP contribution in [0.25, 0.3) is 0 Å². The molecule has 0 aliphatic rings. The molecule has 0 saturated carbocycles. The van der Waals surface area contributed by atoms with Gasteiger partial charge in [-0.15, -0.1) is 6.58 Å². The Balaban J connectivity index is 2.90. The minimum Gasteiger partial charge on any atom is -0.406 e. The SMILES string of the molecule is C=CCC(O[Si](C)(C)C(C)(C)C)C(=O)C#Cc1ccccc1. The first-order chi connectivity index (χ1) is 10.2. The van der Waals surface area contributed by atoms with Crippen molar-refractivity contribution in [3.8, 4) is 11.8 Å². The Morgan fingerprint density at radius 3 is 2.41 bits per heavy atom. The van der Waals surface area contributed by atoms with E-state index in [9.17, 15) is 4.79 Å². The maximum Gasteiger partial charge on any atom is 0.233 e. The molecule has 0 heterocycles. The molecule has 1 aromatic rings. The molecule has 1 unspecified atom stereocenters. The summed E-state index contributed by atoms with van der Waals surface area (Å²) < 4.78 is 6.21. The molecule has 118 valence electrons. The maximum atomic E-state index is 12.4. The van der Waals surface area contributed by atoms with Crippen LogP contribution in [-0.2, 0) is 9.22 Å². The van der Waals surface area contributed by atoms with Gasteiger partial charge in [-0.3, -0.25) is 4.79 Å². The molecule has 3 heteroatoms. The zero-order chi connectivity index (χ0) is 16.8. The third-order valence-electron chi connectivity index (χ3n) is 4.02. The van der Waals surface area contributed by atoms with Gasteiger partial charge in [0.15, 0.2) is 8.32 Å². The summed E-state index contributed by atoms with van der Waals surface area (Å²) in [5.41, 5.74) is 0.834. The lowest BCUT2D eigenvalue weighted by Gasteiger charge is -2.38. The standard InChI is InChI=1S/C19H26O2Si/c1-7-11-18(21-22(5,6)19(2,3)4)17(20)15-14-16-12-9-8-10-13-16/h7-10,12-13,18H,1,11H2,2-6H3. The van der Waals surface area contributed by atoms with E-state index in [0.717, 1.165) is 5.56 Å². The molecule has 1 aromatic carbocycles. The average Bonchev–Trinajstić information content (AvgIpc) is 2.44. The first-order valence-electron chi connectivity index (χ1n) is 7.57. The van der Waals surface area contributed by atoms with Crippen LogP contribution >= 0.6 is 0 Å².